The molecule has 7 fully saturated rings. The third-order valence-electron chi connectivity index (χ3n) is 11.0. The summed E-state index contributed by atoms with van der Waals surface area (Å²) >= 11 is 0. The van der Waals surface area contributed by atoms with Gasteiger partial charge in [-0.2, -0.15) is 0 Å². The molecule has 12 atom stereocenters. The molecule has 7 aliphatic rings. The van der Waals surface area contributed by atoms with Crippen molar-refractivity contribution >= 4 is 0 Å². The quantitative estimate of drug-likeness (QED) is 0.493. The average Bonchev–Trinajstić information content (AvgIpc) is 2.77. The molecule has 5 saturated carbocycles. The van der Waals surface area contributed by atoms with Gasteiger partial charge in [0.1, 0.15) is 0 Å². The lowest BCUT2D eigenvalue weighted by Gasteiger charge is -2.58. The lowest BCUT2D eigenvalue weighted by atomic mass is 9.65. The van der Waals surface area contributed by atoms with Gasteiger partial charge in [0.15, 0.2) is 0 Å². The molecular weight excluding hydrogens is 368 g/mol. The molecule has 0 amide bonds. The molecule has 0 spiro atoms. The standard InChI is InChI=1S/C26H44N4/c1-2-6-16-10-20-19(9-15(16)5-1)27-23-13-25-26(14-24(23)28-20)30-22-12-18-8-4-3-7-17(18)11-21(22)29-25/h15-30H,1-14H2. The van der Waals surface area contributed by atoms with Crippen molar-refractivity contribution in [3.8, 4) is 0 Å². The van der Waals surface area contributed by atoms with E-state index in [1.54, 1.807) is 0 Å². The van der Waals surface area contributed by atoms with E-state index in [-0.39, 0.29) is 0 Å². The van der Waals surface area contributed by atoms with Crippen molar-refractivity contribution in [1.29, 1.82) is 0 Å². The molecule has 30 heavy (non-hydrogen) atoms. The first-order valence-corrected chi connectivity index (χ1v) is 13.8. The number of nitrogens with one attached hydrogen (secondary N) is 4. The first-order chi connectivity index (χ1) is 14.8. The maximum atomic E-state index is 4.21. The van der Waals surface area contributed by atoms with E-state index in [0.29, 0.717) is 24.2 Å². The summed E-state index contributed by atoms with van der Waals surface area (Å²) in [7, 11) is 0. The topological polar surface area (TPSA) is 48.1 Å². The predicted octanol–water partition coefficient (Wildman–Crippen LogP) is 3.32. The zero-order chi connectivity index (χ0) is 19.7. The second-order valence-corrected chi connectivity index (χ2v) is 12.5. The van der Waals surface area contributed by atoms with E-state index in [4.69, 9.17) is 0 Å². The molecule has 168 valence electrons. The van der Waals surface area contributed by atoms with E-state index >= 15 is 0 Å². The zero-order valence-corrected chi connectivity index (χ0v) is 18.8. The van der Waals surface area contributed by atoms with Crippen LogP contribution in [0.5, 0.6) is 0 Å². The first-order valence-electron chi connectivity index (χ1n) is 13.8. The van der Waals surface area contributed by atoms with E-state index in [9.17, 15) is 0 Å². The Balaban J connectivity index is 1.03. The summed E-state index contributed by atoms with van der Waals surface area (Å²) in [6.07, 6.45) is 20.4. The fraction of sp³-hybridized carbons (Fsp3) is 1.00. The van der Waals surface area contributed by atoms with Gasteiger partial charge in [-0.05, 0) is 62.2 Å². The van der Waals surface area contributed by atoms with Crippen LogP contribution in [-0.4, -0.2) is 48.3 Å². The van der Waals surface area contributed by atoms with Crippen molar-refractivity contribution < 1.29 is 0 Å². The van der Waals surface area contributed by atoms with Gasteiger partial charge in [-0.3, -0.25) is 0 Å². The van der Waals surface area contributed by atoms with Gasteiger partial charge in [-0.1, -0.05) is 51.4 Å². The highest BCUT2D eigenvalue weighted by Crippen LogP contribution is 2.44. The normalized spacial score (nSPS) is 57.6. The number of fused-ring (bicyclic) bond motifs is 6. The third-order valence-corrected chi connectivity index (χ3v) is 11.0. The SMILES string of the molecule is C1CCC2CC3NC4CC5NC6CC7CCCCC7CC6NC5CC4NC3CC2C1. The van der Waals surface area contributed by atoms with Crippen LogP contribution in [0.2, 0.25) is 0 Å². The van der Waals surface area contributed by atoms with Crippen LogP contribution in [0.4, 0.5) is 0 Å². The fourth-order valence-corrected chi connectivity index (χ4v) is 9.55. The van der Waals surface area contributed by atoms with Crippen molar-refractivity contribution in [2.24, 2.45) is 23.7 Å². The predicted molar refractivity (Wildman–Crippen MR) is 121 cm³/mol. The number of hydrogen-bond donors (Lipinski definition) is 4. The van der Waals surface area contributed by atoms with Crippen molar-refractivity contribution in [3.63, 3.8) is 0 Å². The van der Waals surface area contributed by atoms with Crippen molar-refractivity contribution in [1.82, 2.24) is 21.3 Å². The summed E-state index contributed by atoms with van der Waals surface area (Å²) in [5, 5.41) is 16.8. The van der Waals surface area contributed by atoms with Crippen LogP contribution in [0, 0.1) is 23.7 Å². The summed E-state index contributed by atoms with van der Waals surface area (Å²) in [6.45, 7) is 0. The monoisotopic (exact) mass is 412 g/mol. The molecule has 2 aliphatic heterocycles. The molecule has 2 saturated heterocycles. The summed E-state index contributed by atoms with van der Waals surface area (Å²) in [4.78, 5) is 0. The molecule has 0 radical (unpaired) electrons. The Kier molecular flexibility index (Phi) is 4.97. The van der Waals surface area contributed by atoms with Gasteiger partial charge in [0, 0.05) is 48.3 Å². The Hall–Kier alpha value is -0.160. The molecular formula is C26H44N4. The van der Waals surface area contributed by atoms with Gasteiger partial charge in [-0.25, -0.2) is 0 Å². The molecule has 0 aromatic heterocycles. The molecule has 4 N–H and O–H groups in total. The van der Waals surface area contributed by atoms with E-state index in [1.165, 1.54) is 89.9 Å². The number of rotatable bonds is 0. The Labute approximate surface area is 183 Å². The van der Waals surface area contributed by atoms with Gasteiger partial charge in [-0.15, -0.1) is 0 Å². The van der Waals surface area contributed by atoms with Crippen LogP contribution in [0.25, 0.3) is 0 Å². The minimum Gasteiger partial charge on any atom is -0.308 e. The molecule has 4 nitrogen and oxygen atoms in total. The summed E-state index contributed by atoms with van der Waals surface area (Å²) < 4.78 is 0. The van der Waals surface area contributed by atoms with Crippen LogP contribution >= 0.6 is 0 Å². The maximum absolute atomic E-state index is 4.21. The zero-order valence-electron chi connectivity index (χ0n) is 18.8. The van der Waals surface area contributed by atoms with Crippen LogP contribution in [0.15, 0.2) is 0 Å². The number of hydrogen-bond acceptors (Lipinski definition) is 4. The molecule has 0 aromatic rings. The van der Waals surface area contributed by atoms with Crippen LogP contribution in [-0.2, 0) is 0 Å². The lowest BCUT2D eigenvalue weighted by molar-refractivity contribution is 0.0215. The molecule has 2 heterocycles. The summed E-state index contributed by atoms with van der Waals surface area (Å²) in [5.41, 5.74) is 0. The van der Waals surface area contributed by atoms with E-state index in [1.807, 2.05) is 0 Å². The molecule has 12 unspecified atom stereocenters. The van der Waals surface area contributed by atoms with Gasteiger partial charge < -0.3 is 21.3 Å². The maximum Gasteiger partial charge on any atom is 0.0240 e. The van der Waals surface area contributed by atoms with E-state index < -0.39 is 0 Å². The Morgan fingerprint density at radius 3 is 0.800 bits per heavy atom. The highest BCUT2D eigenvalue weighted by Gasteiger charge is 2.50. The molecule has 5 aliphatic carbocycles. The van der Waals surface area contributed by atoms with E-state index in [0.717, 1.165) is 47.8 Å². The van der Waals surface area contributed by atoms with Crippen molar-refractivity contribution in [2.45, 2.75) is 138 Å². The summed E-state index contributed by atoms with van der Waals surface area (Å²) in [5.74, 6) is 4.07. The Bertz CT molecular complexity index is 533. The minimum atomic E-state index is 0.685. The molecule has 0 aromatic carbocycles. The fourth-order valence-electron chi connectivity index (χ4n) is 9.55. The van der Waals surface area contributed by atoms with Crippen molar-refractivity contribution in [3.05, 3.63) is 0 Å². The second-order valence-electron chi connectivity index (χ2n) is 12.5. The van der Waals surface area contributed by atoms with Crippen LogP contribution < -0.4 is 21.3 Å². The largest absolute Gasteiger partial charge is 0.308 e. The average molecular weight is 413 g/mol. The van der Waals surface area contributed by atoms with E-state index in [2.05, 4.69) is 21.3 Å². The number of piperazine rings is 2. The molecule has 7 rings (SSSR count). The lowest BCUT2D eigenvalue weighted by Crippen LogP contribution is -2.76. The van der Waals surface area contributed by atoms with Gasteiger partial charge in [0.25, 0.3) is 0 Å². The second kappa shape index (κ2) is 7.71. The van der Waals surface area contributed by atoms with Gasteiger partial charge in [0.2, 0.25) is 0 Å². The third kappa shape index (κ3) is 3.31. The van der Waals surface area contributed by atoms with Crippen LogP contribution in [0.3, 0.4) is 0 Å². The first kappa shape index (κ1) is 19.3. The highest BCUT2D eigenvalue weighted by molar-refractivity contribution is 5.12. The van der Waals surface area contributed by atoms with Gasteiger partial charge in [0.05, 0.1) is 0 Å². The highest BCUT2D eigenvalue weighted by atomic mass is 15.2. The smallest absolute Gasteiger partial charge is 0.0240 e. The molecule has 0 bridgehead atoms. The van der Waals surface area contributed by atoms with Gasteiger partial charge >= 0.3 is 0 Å². The van der Waals surface area contributed by atoms with Crippen LogP contribution in [0.1, 0.15) is 89.9 Å². The Morgan fingerprint density at radius 1 is 0.300 bits per heavy atom. The summed E-state index contributed by atoms with van der Waals surface area (Å²) in [6, 6.07) is 5.70. The minimum absolute atomic E-state index is 0.685. The Morgan fingerprint density at radius 2 is 0.533 bits per heavy atom. The molecule has 4 heteroatoms. The van der Waals surface area contributed by atoms with Crippen molar-refractivity contribution in [2.75, 3.05) is 0 Å².